The van der Waals surface area contributed by atoms with Crippen molar-refractivity contribution in [3.05, 3.63) is 34.3 Å². The van der Waals surface area contributed by atoms with Gasteiger partial charge in [-0.3, -0.25) is 0 Å². The molecule has 0 aliphatic rings. The van der Waals surface area contributed by atoms with E-state index in [2.05, 4.69) is 52.1 Å². The van der Waals surface area contributed by atoms with Crippen molar-refractivity contribution in [2.24, 2.45) is 0 Å². The van der Waals surface area contributed by atoms with Crippen LogP contribution in [-0.2, 0) is 6.42 Å². The molecule has 0 saturated heterocycles. The predicted octanol–water partition coefficient (Wildman–Crippen LogP) is 3.23. The molecule has 0 bridgehead atoms. The highest BCUT2D eigenvalue weighted by Gasteiger charge is 2.01. The number of rotatable bonds is 6. The minimum absolute atomic E-state index is 0.652. The van der Waals surface area contributed by atoms with Crippen molar-refractivity contribution in [2.45, 2.75) is 19.3 Å². The van der Waals surface area contributed by atoms with Crippen LogP contribution in [0.15, 0.2) is 28.7 Å². The summed E-state index contributed by atoms with van der Waals surface area (Å²) in [6.07, 6.45) is 2.66. The zero-order valence-electron chi connectivity index (χ0n) is 9.62. The Labute approximate surface area is 106 Å². The fraction of sp³-hybridized carbons (Fsp3) is 0.462. The first-order valence-corrected chi connectivity index (χ1v) is 6.32. The lowest BCUT2D eigenvalue weighted by Gasteiger charge is -2.16. The first kappa shape index (κ1) is 13.2. The van der Waals surface area contributed by atoms with Crippen LogP contribution in [0, 0.1) is 11.3 Å². The molecule has 16 heavy (non-hydrogen) atoms. The molecular weight excluding hydrogens is 264 g/mol. The Balaban J connectivity index is 2.29. The van der Waals surface area contributed by atoms with Crippen LogP contribution in [-0.4, -0.2) is 25.0 Å². The van der Waals surface area contributed by atoms with Crippen LogP contribution in [0.4, 0.5) is 0 Å². The number of halogens is 1. The Morgan fingerprint density at radius 3 is 2.75 bits per heavy atom. The summed E-state index contributed by atoms with van der Waals surface area (Å²) >= 11 is 3.55. The topological polar surface area (TPSA) is 27.0 Å². The van der Waals surface area contributed by atoms with Crippen LogP contribution in [0.2, 0.25) is 0 Å². The van der Waals surface area contributed by atoms with Gasteiger partial charge in [-0.25, -0.2) is 0 Å². The van der Waals surface area contributed by atoms with Gasteiger partial charge in [0.15, 0.2) is 0 Å². The Bertz CT molecular complexity index is 357. The summed E-state index contributed by atoms with van der Waals surface area (Å²) in [5.74, 6) is 0. The van der Waals surface area contributed by atoms with Crippen molar-refractivity contribution in [1.82, 2.24) is 4.90 Å². The fourth-order valence-corrected chi connectivity index (χ4v) is 2.04. The lowest BCUT2D eigenvalue weighted by atomic mass is 10.1. The predicted molar refractivity (Wildman–Crippen MR) is 70.2 cm³/mol. The molecule has 86 valence electrons. The summed E-state index contributed by atoms with van der Waals surface area (Å²) in [6, 6.07) is 10.5. The van der Waals surface area contributed by atoms with E-state index in [-0.39, 0.29) is 0 Å². The second-order valence-corrected chi connectivity index (χ2v) is 4.76. The number of hydrogen-bond donors (Lipinski definition) is 0. The number of likely N-dealkylation sites (N-methyl/N-ethyl adjacent to an activating group) is 1. The lowest BCUT2D eigenvalue weighted by molar-refractivity contribution is 0.335. The maximum absolute atomic E-state index is 8.45. The van der Waals surface area contributed by atoms with E-state index in [1.807, 2.05) is 6.07 Å². The zero-order chi connectivity index (χ0) is 11.8. The summed E-state index contributed by atoms with van der Waals surface area (Å²) in [7, 11) is 2.11. The molecule has 0 fully saturated rings. The number of nitrogens with zero attached hydrogens (tertiary/aromatic N) is 2. The van der Waals surface area contributed by atoms with E-state index in [1.165, 1.54) is 10.0 Å². The maximum atomic E-state index is 8.45. The summed E-state index contributed by atoms with van der Waals surface area (Å²) in [6.45, 7) is 2.03. The van der Waals surface area contributed by atoms with Crippen molar-refractivity contribution >= 4 is 15.9 Å². The molecule has 2 nitrogen and oxygen atoms in total. The van der Waals surface area contributed by atoms with Crippen molar-refractivity contribution in [3.8, 4) is 6.07 Å². The zero-order valence-corrected chi connectivity index (χ0v) is 11.2. The van der Waals surface area contributed by atoms with E-state index in [9.17, 15) is 0 Å². The van der Waals surface area contributed by atoms with Gasteiger partial charge in [0.05, 0.1) is 6.07 Å². The standard InChI is InChI=1S/C13H17BrN2/c1-16(10-5-4-9-15)11-8-12-6-2-3-7-13(12)14/h2-3,6-7H,4-5,8,10-11H2,1H3. The van der Waals surface area contributed by atoms with Crippen LogP contribution in [0.25, 0.3) is 0 Å². The fourth-order valence-electron chi connectivity index (χ4n) is 1.55. The van der Waals surface area contributed by atoms with Crippen LogP contribution < -0.4 is 0 Å². The third-order valence-corrected chi connectivity index (χ3v) is 3.32. The molecule has 0 saturated carbocycles. The van der Waals surface area contributed by atoms with E-state index in [1.54, 1.807) is 0 Å². The van der Waals surface area contributed by atoms with E-state index >= 15 is 0 Å². The Morgan fingerprint density at radius 2 is 2.06 bits per heavy atom. The van der Waals surface area contributed by atoms with Gasteiger partial charge in [0, 0.05) is 17.4 Å². The van der Waals surface area contributed by atoms with Crippen molar-refractivity contribution in [3.63, 3.8) is 0 Å². The second-order valence-electron chi connectivity index (χ2n) is 3.91. The number of nitriles is 1. The molecular formula is C13H17BrN2. The van der Waals surface area contributed by atoms with E-state index in [4.69, 9.17) is 5.26 Å². The van der Waals surface area contributed by atoms with Gasteiger partial charge in [-0.15, -0.1) is 0 Å². The first-order valence-electron chi connectivity index (χ1n) is 5.53. The number of benzene rings is 1. The van der Waals surface area contributed by atoms with E-state index in [0.29, 0.717) is 6.42 Å². The van der Waals surface area contributed by atoms with Crippen LogP contribution in [0.3, 0.4) is 0 Å². The van der Waals surface area contributed by atoms with Gasteiger partial charge < -0.3 is 4.90 Å². The number of unbranched alkanes of at least 4 members (excludes halogenated alkanes) is 1. The van der Waals surface area contributed by atoms with Crippen LogP contribution >= 0.6 is 15.9 Å². The monoisotopic (exact) mass is 280 g/mol. The van der Waals surface area contributed by atoms with Gasteiger partial charge in [0.25, 0.3) is 0 Å². The molecule has 0 spiro atoms. The Hall–Kier alpha value is -0.850. The third-order valence-electron chi connectivity index (χ3n) is 2.55. The van der Waals surface area contributed by atoms with Crippen LogP contribution in [0.1, 0.15) is 18.4 Å². The van der Waals surface area contributed by atoms with Gasteiger partial charge in [0.2, 0.25) is 0 Å². The molecule has 0 atom stereocenters. The molecule has 1 aromatic carbocycles. The molecule has 3 heteroatoms. The van der Waals surface area contributed by atoms with Crippen LogP contribution in [0.5, 0.6) is 0 Å². The molecule has 0 N–H and O–H groups in total. The van der Waals surface area contributed by atoms with E-state index < -0.39 is 0 Å². The highest BCUT2D eigenvalue weighted by atomic mass is 79.9. The van der Waals surface area contributed by atoms with Crippen molar-refractivity contribution in [2.75, 3.05) is 20.1 Å². The molecule has 0 unspecified atom stereocenters. The smallest absolute Gasteiger partial charge is 0.0622 e. The molecule has 1 rings (SSSR count). The molecule has 0 radical (unpaired) electrons. The van der Waals surface area contributed by atoms with Gasteiger partial charge >= 0.3 is 0 Å². The van der Waals surface area contributed by atoms with Gasteiger partial charge in [-0.05, 0) is 38.1 Å². The molecule has 0 aliphatic carbocycles. The highest BCUT2D eigenvalue weighted by molar-refractivity contribution is 9.10. The average Bonchev–Trinajstić information content (AvgIpc) is 2.28. The normalized spacial score (nSPS) is 10.4. The van der Waals surface area contributed by atoms with Gasteiger partial charge in [-0.2, -0.15) is 5.26 Å². The summed E-state index contributed by atoms with van der Waals surface area (Å²) in [4.78, 5) is 2.27. The largest absolute Gasteiger partial charge is 0.306 e. The lowest BCUT2D eigenvalue weighted by Crippen LogP contribution is -2.22. The summed E-state index contributed by atoms with van der Waals surface area (Å²) in [5.41, 5.74) is 1.34. The van der Waals surface area contributed by atoms with E-state index in [0.717, 1.165) is 25.9 Å². The molecule has 0 aromatic heterocycles. The summed E-state index contributed by atoms with van der Waals surface area (Å²) < 4.78 is 1.18. The molecule has 1 aromatic rings. The van der Waals surface area contributed by atoms with Crippen molar-refractivity contribution in [1.29, 1.82) is 5.26 Å². The Kier molecular flexibility index (Phi) is 6.14. The SMILES string of the molecule is CN(CCCC#N)CCc1ccccc1Br. The average molecular weight is 281 g/mol. The first-order chi connectivity index (χ1) is 7.74. The second kappa shape index (κ2) is 7.43. The third kappa shape index (κ3) is 4.78. The minimum atomic E-state index is 0.652. The number of hydrogen-bond acceptors (Lipinski definition) is 2. The molecule has 0 amide bonds. The van der Waals surface area contributed by atoms with Gasteiger partial charge in [0.1, 0.15) is 0 Å². The van der Waals surface area contributed by atoms with Crippen molar-refractivity contribution < 1.29 is 0 Å². The summed E-state index contributed by atoms with van der Waals surface area (Å²) in [5, 5.41) is 8.45. The van der Waals surface area contributed by atoms with Gasteiger partial charge in [-0.1, -0.05) is 34.1 Å². The quantitative estimate of drug-likeness (QED) is 0.748. The maximum Gasteiger partial charge on any atom is 0.0622 e. The Morgan fingerprint density at radius 1 is 1.31 bits per heavy atom. The highest BCUT2D eigenvalue weighted by Crippen LogP contribution is 2.16. The minimum Gasteiger partial charge on any atom is -0.306 e. The molecule has 0 aliphatic heterocycles. The molecule has 0 heterocycles.